The molecule has 1 aromatic rings. The largest absolute Gasteiger partial charge is 0.491 e. The summed E-state index contributed by atoms with van der Waals surface area (Å²) in [6, 6.07) is 8.14. The minimum absolute atomic E-state index is 0. The average Bonchev–Trinajstić information content (AvgIpc) is 3.20. The SMILES string of the molecule is CCNC(=NCC(CC)N1CCCC1)NCC(O)c1cccc(OC(C)C)c1.I. The molecule has 1 heterocycles. The van der Waals surface area contributed by atoms with Crippen LogP contribution in [0.15, 0.2) is 29.3 Å². The Kier molecular flexibility index (Phi) is 12.6. The van der Waals surface area contributed by atoms with Crippen LogP contribution in [0.25, 0.3) is 0 Å². The summed E-state index contributed by atoms with van der Waals surface area (Å²) in [5.74, 6) is 1.54. The lowest BCUT2D eigenvalue weighted by Gasteiger charge is -2.25. The molecule has 1 fully saturated rings. The van der Waals surface area contributed by atoms with Crippen LogP contribution in [0.4, 0.5) is 0 Å². The number of hydrogen-bond acceptors (Lipinski definition) is 4. The van der Waals surface area contributed by atoms with Crippen molar-refractivity contribution in [1.82, 2.24) is 15.5 Å². The van der Waals surface area contributed by atoms with E-state index in [2.05, 4.69) is 29.4 Å². The van der Waals surface area contributed by atoms with Gasteiger partial charge in [-0.05, 0) is 70.8 Å². The van der Waals surface area contributed by atoms with Crippen LogP contribution >= 0.6 is 24.0 Å². The van der Waals surface area contributed by atoms with Crippen LogP contribution < -0.4 is 15.4 Å². The van der Waals surface area contributed by atoms with E-state index in [9.17, 15) is 5.11 Å². The molecular formula is C22H39IN4O2. The topological polar surface area (TPSA) is 69.1 Å². The van der Waals surface area contributed by atoms with E-state index >= 15 is 0 Å². The van der Waals surface area contributed by atoms with E-state index in [1.807, 2.05) is 38.1 Å². The lowest BCUT2D eigenvalue weighted by atomic mass is 10.1. The predicted molar refractivity (Wildman–Crippen MR) is 131 cm³/mol. The Labute approximate surface area is 193 Å². The first-order chi connectivity index (χ1) is 13.5. The molecule has 29 heavy (non-hydrogen) atoms. The second-order valence-corrected chi connectivity index (χ2v) is 7.66. The maximum absolute atomic E-state index is 10.6. The van der Waals surface area contributed by atoms with Crippen molar-refractivity contribution < 1.29 is 9.84 Å². The van der Waals surface area contributed by atoms with Crippen LogP contribution in [-0.4, -0.2) is 60.8 Å². The van der Waals surface area contributed by atoms with Gasteiger partial charge in [-0.3, -0.25) is 9.89 Å². The molecule has 1 aliphatic heterocycles. The van der Waals surface area contributed by atoms with Crippen LogP contribution in [0, 0.1) is 0 Å². The van der Waals surface area contributed by atoms with Gasteiger partial charge in [-0.25, -0.2) is 0 Å². The summed E-state index contributed by atoms with van der Waals surface area (Å²) >= 11 is 0. The number of likely N-dealkylation sites (tertiary alicyclic amines) is 1. The van der Waals surface area contributed by atoms with Gasteiger partial charge in [-0.2, -0.15) is 0 Å². The van der Waals surface area contributed by atoms with E-state index in [1.54, 1.807) is 0 Å². The summed E-state index contributed by atoms with van der Waals surface area (Å²) in [6.07, 6.45) is 3.18. The highest BCUT2D eigenvalue weighted by Crippen LogP contribution is 2.20. The van der Waals surface area contributed by atoms with Crippen molar-refractivity contribution in [2.45, 2.75) is 65.2 Å². The van der Waals surface area contributed by atoms with Crippen LogP contribution in [0.3, 0.4) is 0 Å². The zero-order chi connectivity index (χ0) is 20.4. The van der Waals surface area contributed by atoms with Gasteiger partial charge in [0.05, 0.1) is 18.8 Å². The molecule has 166 valence electrons. The average molecular weight is 518 g/mol. The highest BCUT2D eigenvalue weighted by Gasteiger charge is 2.20. The summed E-state index contributed by atoms with van der Waals surface area (Å²) in [4.78, 5) is 7.31. The molecular weight excluding hydrogens is 479 g/mol. The quantitative estimate of drug-likeness (QED) is 0.251. The zero-order valence-corrected chi connectivity index (χ0v) is 20.7. The fourth-order valence-electron chi connectivity index (χ4n) is 3.53. The van der Waals surface area contributed by atoms with E-state index in [-0.39, 0.29) is 30.1 Å². The third-order valence-corrected chi connectivity index (χ3v) is 5.01. The van der Waals surface area contributed by atoms with Gasteiger partial charge in [0.15, 0.2) is 5.96 Å². The Balaban J connectivity index is 0.00000420. The summed E-state index contributed by atoms with van der Waals surface area (Å²) < 4.78 is 5.72. The van der Waals surface area contributed by atoms with Gasteiger partial charge in [0, 0.05) is 19.1 Å². The maximum atomic E-state index is 10.6. The summed E-state index contributed by atoms with van der Waals surface area (Å²) in [5, 5.41) is 17.1. The van der Waals surface area contributed by atoms with Crippen molar-refractivity contribution in [3.8, 4) is 5.75 Å². The number of aliphatic hydroxyl groups excluding tert-OH is 1. The molecule has 2 atom stereocenters. The van der Waals surface area contributed by atoms with Gasteiger partial charge >= 0.3 is 0 Å². The highest BCUT2D eigenvalue weighted by atomic mass is 127. The molecule has 0 saturated carbocycles. The van der Waals surface area contributed by atoms with E-state index < -0.39 is 6.10 Å². The first-order valence-corrected chi connectivity index (χ1v) is 10.7. The number of halogens is 1. The Hall–Kier alpha value is -1.06. The molecule has 0 aromatic heterocycles. The smallest absolute Gasteiger partial charge is 0.191 e. The van der Waals surface area contributed by atoms with Gasteiger partial charge in [0.25, 0.3) is 0 Å². The second kappa shape index (κ2) is 14.0. The van der Waals surface area contributed by atoms with E-state index in [0.29, 0.717) is 12.6 Å². The molecule has 7 heteroatoms. The monoisotopic (exact) mass is 518 g/mol. The molecule has 1 saturated heterocycles. The standard InChI is InChI=1S/C22H38N4O2.HI/c1-5-19(26-12-7-8-13-26)15-24-22(23-6-2)25-16-21(27)18-10-9-11-20(14-18)28-17(3)4;/h9-11,14,17,19,21,27H,5-8,12-13,15-16H2,1-4H3,(H2,23,24,25);1H. The fraction of sp³-hybridized carbons (Fsp3) is 0.682. The zero-order valence-electron chi connectivity index (χ0n) is 18.4. The Bertz CT molecular complexity index is 606. The van der Waals surface area contributed by atoms with Gasteiger partial charge in [0.1, 0.15) is 5.75 Å². The van der Waals surface area contributed by atoms with Crippen LogP contribution in [0.2, 0.25) is 0 Å². The molecule has 2 unspecified atom stereocenters. The predicted octanol–water partition coefficient (Wildman–Crippen LogP) is 3.55. The van der Waals surface area contributed by atoms with Gasteiger partial charge in [-0.15, -0.1) is 24.0 Å². The second-order valence-electron chi connectivity index (χ2n) is 7.66. The third-order valence-electron chi connectivity index (χ3n) is 5.01. The van der Waals surface area contributed by atoms with Crippen molar-refractivity contribution in [2.24, 2.45) is 4.99 Å². The van der Waals surface area contributed by atoms with Crippen molar-refractivity contribution >= 4 is 29.9 Å². The van der Waals surface area contributed by atoms with E-state index in [4.69, 9.17) is 9.73 Å². The number of ether oxygens (including phenoxy) is 1. The number of aliphatic imine (C=N–C) groups is 1. The fourth-order valence-corrected chi connectivity index (χ4v) is 3.53. The molecule has 0 radical (unpaired) electrons. The summed E-state index contributed by atoms with van der Waals surface area (Å²) in [6.45, 7) is 12.6. The van der Waals surface area contributed by atoms with Gasteiger partial charge in [0.2, 0.25) is 0 Å². The van der Waals surface area contributed by atoms with Crippen molar-refractivity contribution in [3.05, 3.63) is 29.8 Å². The number of hydrogen-bond donors (Lipinski definition) is 3. The highest BCUT2D eigenvalue weighted by molar-refractivity contribution is 14.0. The number of rotatable bonds is 10. The summed E-state index contributed by atoms with van der Waals surface area (Å²) in [7, 11) is 0. The molecule has 3 N–H and O–H groups in total. The number of benzene rings is 1. The van der Waals surface area contributed by atoms with Crippen molar-refractivity contribution in [3.63, 3.8) is 0 Å². The Morgan fingerprint density at radius 1 is 1.21 bits per heavy atom. The maximum Gasteiger partial charge on any atom is 0.191 e. The van der Waals surface area contributed by atoms with Gasteiger partial charge < -0.3 is 20.5 Å². The number of nitrogens with one attached hydrogen (secondary N) is 2. The summed E-state index contributed by atoms with van der Waals surface area (Å²) in [5.41, 5.74) is 0.838. The number of aliphatic hydroxyl groups is 1. The van der Waals surface area contributed by atoms with Crippen LogP contribution in [-0.2, 0) is 0 Å². The first kappa shape index (κ1) is 26.0. The Morgan fingerprint density at radius 2 is 1.93 bits per heavy atom. The number of nitrogens with zero attached hydrogens (tertiary/aromatic N) is 2. The minimum atomic E-state index is -0.625. The van der Waals surface area contributed by atoms with Gasteiger partial charge in [-0.1, -0.05) is 19.1 Å². The van der Waals surface area contributed by atoms with E-state index in [1.165, 1.54) is 25.9 Å². The van der Waals surface area contributed by atoms with E-state index in [0.717, 1.165) is 36.8 Å². The molecule has 0 aliphatic carbocycles. The first-order valence-electron chi connectivity index (χ1n) is 10.7. The minimum Gasteiger partial charge on any atom is -0.491 e. The molecule has 2 rings (SSSR count). The van der Waals surface area contributed by atoms with Crippen LogP contribution in [0.5, 0.6) is 5.75 Å². The molecule has 0 spiro atoms. The molecule has 1 aliphatic rings. The molecule has 6 nitrogen and oxygen atoms in total. The van der Waals surface area contributed by atoms with Crippen molar-refractivity contribution in [2.75, 3.05) is 32.7 Å². The van der Waals surface area contributed by atoms with Crippen LogP contribution in [0.1, 0.15) is 58.6 Å². The lowest BCUT2D eigenvalue weighted by molar-refractivity contribution is 0.179. The van der Waals surface area contributed by atoms with Crippen molar-refractivity contribution in [1.29, 1.82) is 0 Å². The third kappa shape index (κ3) is 9.09. The Morgan fingerprint density at radius 3 is 2.55 bits per heavy atom. The number of guanidine groups is 1. The lowest BCUT2D eigenvalue weighted by Crippen LogP contribution is -2.41. The molecule has 1 aromatic carbocycles. The normalized spacial score (nSPS) is 17.0. The molecule has 0 amide bonds. The molecule has 0 bridgehead atoms.